The molecule has 1 fully saturated rings. The third kappa shape index (κ3) is 5.17. The zero-order valence-corrected chi connectivity index (χ0v) is 16.1. The summed E-state index contributed by atoms with van der Waals surface area (Å²) in [5, 5.41) is 11.5. The van der Waals surface area contributed by atoms with Gasteiger partial charge in [0.15, 0.2) is 5.69 Å². The predicted molar refractivity (Wildman–Crippen MR) is 92.3 cm³/mol. The van der Waals surface area contributed by atoms with Crippen molar-refractivity contribution < 1.29 is 28.0 Å². The fraction of sp³-hybridized carbons (Fsp3) is 0.688. The maximum atomic E-state index is 13.2. The summed E-state index contributed by atoms with van der Waals surface area (Å²) >= 11 is 0.518. The molecule has 152 valence electrons. The van der Waals surface area contributed by atoms with Crippen LogP contribution < -0.4 is 10.8 Å². The number of nitrogens with zero attached hydrogens (tertiary/aromatic N) is 2. The van der Waals surface area contributed by atoms with Gasteiger partial charge in [0, 0.05) is 5.92 Å². The predicted octanol–water partition coefficient (Wildman–Crippen LogP) is 2.44. The van der Waals surface area contributed by atoms with Gasteiger partial charge in [-0.15, -0.1) is 11.3 Å². The Kier molecular flexibility index (Phi) is 6.82. The van der Waals surface area contributed by atoms with Gasteiger partial charge in [0.05, 0.1) is 6.04 Å². The molecule has 0 radical (unpaired) electrons. The van der Waals surface area contributed by atoms with Gasteiger partial charge in [-0.1, -0.05) is 13.8 Å². The van der Waals surface area contributed by atoms with Crippen LogP contribution in [0.1, 0.15) is 53.1 Å². The number of piperidine rings is 1. The van der Waals surface area contributed by atoms with Crippen molar-refractivity contribution in [3.63, 3.8) is 0 Å². The zero-order valence-electron chi connectivity index (χ0n) is 15.3. The molecule has 27 heavy (non-hydrogen) atoms. The fourth-order valence-corrected chi connectivity index (χ4v) is 4.12. The minimum Gasteiger partial charge on any atom is -0.346 e. The van der Waals surface area contributed by atoms with E-state index in [2.05, 4.69) is 15.2 Å². The molecule has 0 saturated carbocycles. The van der Waals surface area contributed by atoms with Crippen molar-refractivity contribution in [2.24, 2.45) is 11.8 Å². The number of nitrogens with one attached hydrogen (secondary N) is 2. The van der Waals surface area contributed by atoms with Crippen molar-refractivity contribution in [2.45, 2.75) is 38.9 Å². The van der Waals surface area contributed by atoms with Crippen molar-refractivity contribution >= 4 is 23.2 Å². The molecule has 2 heterocycles. The van der Waals surface area contributed by atoms with Crippen molar-refractivity contribution in [3.8, 4) is 0 Å². The third-order valence-electron chi connectivity index (χ3n) is 4.54. The van der Waals surface area contributed by atoms with Gasteiger partial charge in [-0.2, -0.15) is 13.2 Å². The lowest BCUT2D eigenvalue weighted by atomic mass is 9.95. The quantitative estimate of drug-likeness (QED) is 0.514. The van der Waals surface area contributed by atoms with E-state index in [0.717, 1.165) is 13.1 Å². The normalized spacial score (nSPS) is 17.8. The molecule has 1 atom stereocenters. The molecule has 0 bridgehead atoms. The van der Waals surface area contributed by atoms with Gasteiger partial charge < -0.3 is 10.2 Å². The van der Waals surface area contributed by atoms with Crippen LogP contribution in [0.25, 0.3) is 0 Å². The first kappa shape index (κ1) is 21.6. The Morgan fingerprint density at radius 2 is 1.89 bits per heavy atom. The Labute approximate surface area is 158 Å². The SMILES string of the molecule is CC(C)[C@H](NC(=O)C1CCN(C)CC1)c1nc(C(F)(F)F)c(C(=O)NO)s1. The van der Waals surface area contributed by atoms with E-state index in [4.69, 9.17) is 5.21 Å². The average Bonchev–Trinajstić information content (AvgIpc) is 3.04. The van der Waals surface area contributed by atoms with Crippen molar-refractivity contribution in [1.29, 1.82) is 0 Å². The first-order valence-electron chi connectivity index (χ1n) is 8.55. The third-order valence-corrected chi connectivity index (χ3v) is 5.68. The Balaban J connectivity index is 2.27. The molecule has 3 N–H and O–H groups in total. The lowest BCUT2D eigenvalue weighted by Gasteiger charge is -2.30. The van der Waals surface area contributed by atoms with Crippen LogP contribution in [0.2, 0.25) is 0 Å². The number of aromatic nitrogens is 1. The van der Waals surface area contributed by atoms with Crippen LogP contribution >= 0.6 is 11.3 Å². The molecule has 1 saturated heterocycles. The van der Waals surface area contributed by atoms with E-state index in [1.165, 1.54) is 5.48 Å². The highest BCUT2D eigenvalue weighted by Gasteiger charge is 2.41. The molecule has 2 amide bonds. The van der Waals surface area contributed by atoms with Crippen molar-refractivity contribution in [2.75, 3.05) is 20.1 Å². The topological polar surface area (TPSA) is 94.6 Å². The van der Waals surface area contributed by atoms with E-state index in [-0.39, 0.29) is 22.8 Å². The zero-order chi connectivity index (χ0) is 20.4. The highest BCUT2D eigenvalue weighted by Crippen LogP contribution is 2.37. The second-order valence-electron chi connectivity index (χ2n) is 6.98. The Bertz CT molecular complexity index is 685. The number of hydrogen-bond donors (Lipinski definition) is 3. The van der Waals surface area contributed by atoms with Gasteiger partial charge in [0.1, 0.15) is 9.88 Å². The summed E-state index contributed by atoms with van der Waals surface area (Å²) in [6, 6.07) is -0.761. The number of halogens is 3. The number of hydroxylamine groups is 1. The van der Waals surface area contributed by atoms with Crippen LogP contribution in [0.3, 0.4) is 0 Å². The second-order valence-corrected chi connectivity index (χ2v) is 8.01. The molecule has 1 aromatic rings. The van der Waals surface area contributed by atoms with Crippen LogP contribution in [0.15, 0.2) is 0 Å². The van der Waals surface area contributed by atoms with Crippen LogP contribution in [0, 0.1) is 11.8 Å². The molecule has 0 aliphatic carbocycles. The average molecular weight is 408 g/mol. The number of likely N-dealkylation sites (tertiary alicyclic amines) is 1. The smallest absolute Gasteiger partial charge is 0.346 e. The van der Waals surface area contributed by atoms with E-state index in [9.17, 15) is 22.8 Å². The summed E-state index contributed by atoms with van der Waals surface area (Å²) in [5.74, 6) is -1.95. The van der Waals surface area contributed by atoms with Gasteiger partial charge in [-0.3, -0.25) is 14.8 Å². The van der Waals surface area contributed by atoms with E-state index in [0.29, 0.717) is 24.2 Å². The van der Waals surface area contributed by atoms with Gasteiger partial charge in [0.25, 0.3) is 5.91 Å². The molecule has 2 rings (SSSR count). The number of carbonyl (C=O) groups excluding carboxylic acids is 2. The first-order valence-corrected chi connectivity index (χ1v) is 9.37. The lowest BCUT2D eigenvalue weighted by molar-refractivity contribution is -0.141. The summed E-state index contributed by atoms with van der Waals surface area (Å²) in [7, 11) is 1.97. The van der Waals surface area contributed by atoms with E-state index < -0.39 is 28.7 Å². The molecule has 11 heteroatoms. The van der Waals surface area contributed by atoms with Crippen LogP contribution in [0.4, 0.5) is 13.2 Å². The Morgan fingerprint density at radius 1 is 1.30 bits per heavy atom. The number of hydrogen-bond acceptors (Lipinski definition) is 6. The van der Waals surface area contributed by atoms with Crippen LogP contribution in [-0.4, -0.2) is 47.0 Å². The molecule has 1 aliphatic heterocycles. The monoisotopic (exact) mass is 408 g/mol. The Hall–Kier alpha value is -1.72. The second kappa shape index (κ2) is 8.53. The lowest BCUT2D eigenvalue weighted by Crippen LogP contribution is -2.41. The molecule has 0 aromatic carbocycles. The van der Waals surface area contributed by atoms with Gasteiger partial charge in [-0.05, 0) is 38.9 Å². The highest BCUT2D eigenvalue weighted by atomic mass is 32.1. The fourth-order valence-electron chi connectivity index (χ4n) is 2.92. The van der Waals surface area contributed by atoms with Gasteiger partial charge in [-0.25, -0.2) is 10.5 Å². The van der Waals surface area contributed by atoms with E-state index in [1.807, 2.05) is 7.05 Å². The molecular formula is C16H23F3N4O3S. The number of thiazole rings is 1. The van der Waals surface area contributed by atoms with Crippen LogP contribution in [-0.2, 0) is 11.0 Å². The van der Waals surface area contributed by atoms with Crippen LogP contribution in [0.5, 0.6) is 0 Å². The highest BCUT2D eigenvalue weighted by molar-refractivity contribution is 7.13. The standard InChI is InChI=1S/C16H23F3N4O3S/c1-8(2)10(20-13(24)9-4-6-23(3)7-5-9)15-21-12(16(17,18)19)11(27-15)14(25)22-26/h8-10,26H,4-7H2,1-3H3,(H,20,24)(H,22,25)/t10-/m0/s1. The maximum Gasteiger partial charge on any atom is 0.435 e. The minimum atomic E-state index is -4.85. The molecule has 7 nitrogen and oxygen atoms in total. The van der Waals surface area contributed by atoms with Gasteiger partial charge in [0.2, 0.25) is 5.91 Å². The number of alkyl halides is 3. The largest absolute Gasteiger partial charge is 0.435 e. The van der Waals surface area contributed by atoms with E-state index in [1.54, 1.807) is 13.8 Å². The Morgan fingerprint density at radius 3 is 2.37 bits per heavy atom. The number of amides is 2. The molecule has 0 unspecified atom stereocenters. The van der Waals surface area contributed by atoms with Crippen molar-refractivity contribution in [1.82, 2.24) is 20.7 Å². The summed E-state index contributed by atoms with van der Waals surface area (Å²) in [5.41, 5.74) is -0.156. The van der Waals surface area contributed by atoms with Gasteiger partial charge >= 0.3 is 6.18 Å². The number of rotatable bonds is 5. The molecular weight excluding hydrogens is 385 g/mol. The molecule has 1 aliphatic rings. The maximum absolute atomic E-state index is 13.2. The molecule has 1 aromatic heterocycles. The summed E-state index contributed by atoms with van der Waals surface area (Å²) in [6.07, 6.45) is -3.50. The summed E-state index contributed by atoms with van der Waals surface area (Å²) in [4.78, 5) is 29.1. The molecule has 0 spiro atoms. The minimum absolute atomic E-state index is 0.0165. The summed E-state index contributed by atoms with van der Waals surface area (Å²) in [6.45, 7) is 5.06. The van der Waals surface area contributed by atoms with E-state index >= 15 is 0 Å². The first-order chi connectivity index (χ1) is 12.5. The van der Waals surface area contributed by atoms with Crippen molar-refractivity contribution in [3.05, 3.63) is 15.6 Å². The summed E-state index contributed by atoms with van der Waals surface area (Å²) < 4.78 is 39.6. The number of carbonyl (C=O) groups is 2.